The van der Waals surface area contributed by atoms with Gasteiger partial charge in [-0.1, -0.05) is 0 Å². The number of piperidine rings is 1. The van der Waals surface area contributed by atoms with E-state index < -0.39 is 0 Å². The van der Waals surface area contributed by atoms with E-state index in [4.69, 9.17) is 15.2 Å². The molecule has 5 heteroatoms. The van der Waals surface area contributed by atoms with Crippen LogP contribution in [0, 0.1) is 0 Å². The summed E-state index contributed by atoms with van der Waals surface area (Å²) in [5.41, 5.74) is 6.41. The van der Waals surface area contributed by atoms with Crippen molar-refractivity contribution in [1.29, 1.82) is 0 Å². The predicted octanol–water partition coefficient (Wildman–Crippen LogP) is 1.68. The monoisotopic (exact) mass is 251 g/mol. The number of aromatic nitrogens is 1. The van der Waals surface area contributed by atoms with Gasteiger partial charge in [0.2, 0.25) is 5.88 Å². The molecular weight excluding hydrogens is 230 g/mol. The summed E-state index contributed by atoms with van der Waals surface area (Å²) in [4.78, 5) is 6.72. The number of nitrogens with zero attached hydrogens (tertiary/aromatic N) is 2. The number of nitrogen functional groups attached to an aromatic ring is 1. The Kier molecular flexibility index (Phi) is 4.25. The summed E-state index contributed by atoms with van der Waals surface area (Å²) in [5.74, 6) is 1.46. The molecule has 0 unspecified atom stereocenters. The molecule has 0 spiro atoms. The van der Waals surface area contributed by atoms with Crippen LogP contribution < -0.4 is 15.4 Å². The van der Waals surface area contributed by atoms with E-state index in [1.165, 1.54) is 0 Å². The van der Waals surface area contributed by atoms with Crippen LogP contribution >= 0.6 is 0 Å². The van der Waals surface area contributed by atoms with Crippen LogP contribution in [0.15, 0.2) is 12.1 Å². The zero-order valence-corrected chi connectivity index (χ0v) is 11.1. The molecule has 1 fully saturated rings. The van der Waals surface area contributed by atoms with Crippen molar-refractivity contribution < 1.29 is 9.47 Å². The normalized spacial score (nSPS) is 16.9. The zero-order valence-electron chi connectivity index (χ0n) is 11.1. The van der Waals surface area contributed by atoms with E-state index in [0.29, 0.717) is 24.3 Å². The summed E-state index contributed by atoms with van der Waals surface area (Å²) in [7, 11) is 1.77. The molecule has 1 aromatic heterocycles. The van der Waals surface area contributed by atoms with Crippen LogP contribution in [0.4, 0.5) is 11.5 Å². The maximum Gasteiger partial charge on any atom is 0.239 e. The second-order valence-electron chi connectivity index (χ2n) is 4.42. The number of anilines is 2. The first-order chi connectivity index (χ1) is 8.74. The van der Waals surface area contributed by atoms with Crippen molar-refractivity contribution in [3.63, 3.8) is 0 Å². The van der Waals surface area contributed by atoms with Crippen LogP contribution in [0.1, 0.15) is 19.8 Å². The fourth-order valence-electron chi connectivity index (χ4n) is 2.19. The van der Waals surface area contributed by atoms with E-state index in [1.54, 1.807) is 7.11 Å². The summed E-state index contributed by atoms with van der Waals surface area (Å²) < 4.78 is 10.8. The fourth-order valence-corrected chi connectivity index (χ4v) is 2.19. The van der Waals surface area contributed by atoms with Crippen molar-refractivity contribution in [3.05, 3.63) is 12.1 Å². The molecular formula is C13H21N3O2. The van der Waals surface area contributed by atoms with Gasteiger partial charge in [0.05, 0.1) is 18.4 Å². The molecule has 0 bridgehead atoms. The number of methoxy groups -OCH3 is 1. The Morgan fingerprint density at radius 2 is 2.11 bits per heavy atom. The van der Waals surface area contributed by atoms with Crippen molar-refractivity contribution in [3.8, 4) is 5.88 Å². The maximum atomic E-state index is 5.82. The molecule has 1 aliphatic rings. The van der Waals surface area contributed by atoms with E-state index >= 15 is 0 Å². The van der Waals surface area contributed by atoms with E-state index in [2.05, 4.69) is 9.88 Å². The number of nitrogens with two attached hydrogens (primary N) is 1. The van der Waals surface area contributed by atoms with Gasteiger partial charge in [0.1, 0.15) is 5.82 Å². The van der Waals surface area contributed by atoms with Gasteiger partial charge in [-0.05, 0) is 31.9 Å². The highest BCUT2D eigenvalue weighted by Gasteiger charge is 2.20. The third kappa shape index (κ3) is 2.85. The quantitative estimate of drug-likeness (QED) is 0.882. The second-order valence-corrected chi connectivity index (χ2v) is 4.42. The highest BCUT2D eigenvalue weighted by molar-refractivity contribution is 5.54. The van der Waals surface area contributed by atoms with E-state index in [1.807, 2.05) is 19.1 Å². The molecule has 2 rings (SSSR count). The minimum absolute atomic E-state index is 0.376. The van der Waals surface area contributed by atoms with Gasteiger partial charge in [0.25, 0.3) is 0 Å². The van der Waals surface area contributed by atoms with Gasteiger partial charge < -0.3 is 20.1 Å². The average molecular weight is 251 g/mol. The lowest BCUT2D eigenvalue weighted by Crippen LogP contribution is -2.37. The van der Waals surface area contributed by atoms with Gasteiger partial charge in [-0.25, -0.2) is 0 Å². The number of pyridine rings is 1. The van der Waals surface area contributed by atoms with Crippen molar-refractivity contribution >= 4 is 11.5 Å². The van der Waals surface area contributed by atoms with Crippen molar-refractivity contribution in [1.82, 2.24) is 4.98 Å². The first kappa shape index (κ1) is 13.0. The lowest BCUT2D eigenvalue weighted by Gasteiger charge is -2.32. The second kappa shape index (κ2) is 5.91. The van der Waals surface area contributed by atoms with Crippen molar-refractivity contribution in [2.24, 2.45) is 0 Å². The molecule has 100 valence electrons. The molecule has 0 atom stereocenters. The largest absolute Gasteiger partial charge is 0.476 e. The van der Waals surface area contributed by atoms with Gasteiger partial charge in [0, 0.05) is 20.2 Å². The molecule has 18 heavy (non-hydrogen) atoms. The third-order valence-electron chi connectivity index (χ3n) is 3.26. The Morgan fingerprint density at radius 1 is 1.39 bits per heavy atom. The summed E-state index contributed by atoms with van der Waals surface area (Å²) >= 11 is 0. The lowest BCUT2D eigenvalue weighted by molar-refractivity contribution is 0.0818. The Bertz CT molecular complexity index is 390. The van der Waals surface area contributed by atoms with Crippen molar-refractivity contribution in [2.75, 3.05) is 37.4 Å². The van der Waals surface area contributed by atoms with E-state index in [-0.39, 0.29) is 0 Å². The Labute approximate surface area is 108 Å². The van der Waals surface area contributed by atoms with Gasteiger partial charge in [-0.15, -0.1) is 0 Å². The summed E-state index contributed by atoms with van der Waals surface area (Å²) in [6, 6.07) is 3.81. The molecule has 2 heterocycles. The van der Waals surface area contributed by atoms with E-state index in [0.717, 1.165) is 31.7 Å². The first-order valence-corrected chi connectivity index (χ1v) is 6.41. The van der Waals surface area contributed by atoms with Gasteiger partial charge >= 0.3 is 0 Å². The molecule has 0 saturated carbocycles. The zero-order chi connectivity index (χ0) is 13.0. The third-order valence-corrected chi connectivity index (χ3v) is 3.26. The van der Waals surface area contributed by atoms with Gasteiger partial charge in [0.15, 0.2) is 0 Å². The topological polar surface area (TPSA) is 60.6 Å². The Morgan fingerprint density at radius 3 is 2.72 bits per heavy atom. The first-order valence-electron chi connectivity index (χ1n) is 6.41. The Balaban J connectivity index is 2.07. The van der Waals surface area contributed by atoms with Crippen LogP contribution in [-0.4, -0.2) is 37.9 Å². The van der Waals surface area contributed by atoms with Gasteiger partial charge in [-0.3, -0.25) is 0 Å². The Hall–Kier alpha value is -1.49. The minimum Gasteiger partial charge on any atom is -0.476 e. The molecule has 5 nitrogen and oxygen atoms in total. The average Bonchev–Trinajstić information content (AvgIpc) is 2.42. The number of rotatable bonds is 4. The van der Waals surface area contributed by atoms with Crippen LogP contribution in [-0.2, 0) is 4.74 Å². The van der Waals surface area contributed by atoms with Gasteiger partial charge in [-0.2, -0.15) is 4.98 Å². The number of hydrogen-bond donors (Lipinski definition) is 1. The smallest absolute Gasteiger partial charge is 0.239 e. The lowest BCUT2D eigenvalue weighted by atomic mass is 10.1. The fraction of sp³-hybridized carbons (Fsp3) is 0.615. The molecule has 0 aromatic carbocycles. The van der Waals surface area contributed by atoms with E-state index in [9.17, 15) is 0 Å². The highest BCUT2D eigenvalue weighted by atomic mass is 16.5. The maximum absolute atomic E-state index is 5.82. The molecule has 1 aliphatic heterocycles. The molecule has 1 saturated heterocycles. The van der Waals surface area contributed by atoms with Crippen LogP contribution in [0.5, 0.6) is 5.88 Å². The summed E-state index contributed by atoms with van der Waals surface area (Å²) in [6.45, 7) is 4.42. The van der Waals surface area contributed by atoms with Crippen molar-refractivity contribution in [2.45, 2.75) is 25.9 Å². The minimum atomic E-state index is 0.376. The van der Waals surface area contributed by atoms with Crippen LogP contribution in [0.2, 0.25) is 0 Å². The molecule has 2 N–H and O–H groups in total. The van der Waals surface area contributed by atoms with Crippen LogP contribution in [0.3, 0.4) is 0 Å². The standard InChI is InChI=1S/C13H21N3O2/c1-3-18-13-11(14)4-5-12(15-13)16-8-6-10(17-2)7-9-16/h4-5,10H,3,6-9,14H2,1-2H3. The number of hydrogen-bond acceptors (Lipinski definition) is 5. The predicted molar refractivity (Wildman–Crippen MR) is 72.1 cm³/mol. The number of ether oxygens (including phenoxy) is 2. The summed E-state index contributed by atoms with van der Waals surface area (Å²) in [5, 5.41) is 0. The summed E-state index contributed by atoms with van der Waals surface area (Å²) in [6.07, 6.45) is 2.44. The molecule has 1 aromatic rings. The SMILES string of the molecule is CCOc1nc(N2CCC(OC)CC2)ccc1N. The molecule has 0 amide bonds. The molecule has 0 radical (unpaired) electrons. The highest BCUT2D eigenvalue weighted by Crippen LogP contribution is 2.25. The molecule has 0 aliphatic carbocycles. The van der Waals surface area contributed by atoms with Crippen LogP contribution in [0.25, 0.3) is 0 Å².